The standard InChI is InChI=1S/C23H29N5OS/c1-3-17-8-5-9-18(4-2)21(17)28-22(19-10-6-12-24-14-19)25-27(23(28)30)16-26-13-7-11-20(29)15-26/h5-6,8-10,12,14,20,29H,3-4,7,11,13,15-16H2,1-2H3/t20-/m1/s1. The highest BCUT2D eigenvalue weighted by atomic mass is 32.1. The number of aromatic nitrogens is 4. The van der Waals surface area contributed by atoms with E-state index >= 15 is 0 Å². The fraction of sp³-hybridized carbons (Fsp3) is 0.435. The number of nitrogens with zero attached hydrogens (tertiary/aromatic N) is 5. The first kappa shape index (κ1) is 20.9. The number of hydrogen-bond acceptors (Lipinski definition) is 5. The summed E-state index contributed by atoms with van der Waals surface area (Å²) >= 11 is 5.96. The van der Waals surface area contributed by atoms with Crippen LogP contribution in [0.15, 0.2) is 42.7 Å². The van der Waals surface area contributed by atoms with Gasteiger partial charge in [0.1, 0.15) is 0 Å². The number of hydrogen-bond donors (Lipinski definition) is 1. The van der Waals surface area contributed by atoms with Crippen LogP contribution in [0.5, 0.6) is 0 Å². The fourth-order valence-electron chi connectivity index (χ4n) is 4.23. The number of aryl methyl sites for hydroxylation is 2. The molecule has 1 aromatic carbocycles. The summed E-state index contributed by atoms with van der Waals surface area (Å²) < 4.78 is 4.68. The van der Waals surface area contributed by atoms with Crippen LogP contribution < -0.4 is 0 Å². The highest BCUT2D eigenvalue weighted by molar-refractivity contribution is 7.71. The third kappa shape index (κ3) is 4.10. The minimum Gasteiger partial charge on any atom is -0.392 e. The molecule has 0 aliphatic carbocycles. The van der Waals surface area contributed by atoms with E-state index in [0.717, 1.165) is 49.3 Å². The molecule has 1 atom stereocenters. The molecule has 1 fully saturated rings. The normalized spacial score (nSPS) is 17.4. The predicted molar refractivity (Wildman–Crippen MR) is 121 cm³/mol. The van der Waals surface area contributed by atoms with Crippen LogP contribution in [-0.4, -0.2) is 48.5 Å². The molecule has 1 N–H and O–H groups in total. The van der Waals surface area contributed by atoms with Crippen molar-refractivity contribution in [3.8, 4) is 17.1 Å². The van der Waals surface area contributed by atoms with Gasteiger partial charge >= 0.3 is 0 Å². The van der Waals surface area contributed by atoms with Crippen molar-refractivity contribution < 1.29 is 5.11 Å². The first-order chi connectivity index (χ1) is 14.6. The first-order valence-corrected chi connectivity index (χ1v) is 11.1. The lowest BCUT2D eigenvalue weighted by Gasteiger charge is -2.29. The summed E-state index contributed by atoms with van der Waals surface area (Å²) in [7, 11) is 0. The maximum absolute atomic E-state index is 10.1. The summed E-state index contributed by atoms with van der Waals surface area (Å²) in [5.41, 5.74) is 4.58. The van der Waals surface area contributed by atoms with E-state index in [-0.39, 0.29) is 6.10 Å². The predicted octanol–water partition coefficient (Wildman–Crippen LogP) is 4.00. The van der Waals surface area contributed by atoms with Crippen LogP contribution in [0.4, 0.5) is 0 Å². The Morgan fingerprint density at radius 3 is 2.53 bits per heavy atom. The number of para-hydroxylation sites is 1. The highest BCUT2D eigenvalue weighted by Gasteiger charge is 2.22. The van der Waals surface area contributed by atoms with Gasteiger partial charge in [-0.05, 0) is 61.2 Å². The smallest absolute Gasteiger partial charge is 0.204 e. The second kappa shape index (κ2) is 9.20. The van der Waals surface area contributed by atoms with Crippen molar-refractivity contribution in [2.75, 3.05) is 13.1 Å². The van der Waals surface area contributed by atoms with E-state index in [2.05, 4.69) is 46.5 Å². The van der Waals surface area contributed by atoms with Crippen molar-refractivity contribution in [2.24, 2.45) is 0 Å². The number of benzene rings is 1. The maximum atomic E-state index is 10.1. The van der Waals surface area contributed by atoms with Crippen LogP contribution in [0.1, 0.15) is 37.8 Å². The van der Waals surface area contributed by atoms with E-state index < -0.39 is 0 Å². The Bertz CT molecular complexity index is 1040. The molecule has 0 bridgehead atoms. The van der Waals surface area contributed by atoms with Gasteiger partial charge in [-0.3, -0.25) is 14.5 Å². The summed E-state index contributed by atoms with van der Waals surface area (Å²) in [6.07, 6.45) is 7.02. The van der Waals surface area contributed by atoms with E-state index in [0.29, 0.717) is 18.0 Å². The van der Waals surface area contributed by atoms with E-state index in [1.165, 1.54) is 11.1 Å². The molecule has 0 amide bonds. The van der Waals surface area contributed by atoms with Gasteiger partial charge in [0.15, 0.2) is 5.82 Å². The zero-order chi connectivity index (χ0) is 21.1. The topological polar surface area (TPSA) is 59.1 Å². The third-order valence-electron chi connectivity index (χ3n) is 5.76. The number of aliphatic hydroxyl groups is 1. The molecule has 3 aromatic rings. The summed E-state index contributed by atoms with van der Waals surface area (Å²) in [6.45, 7) is 6.52. The lowest BCUT2D eigenvalue weighted by Crippen LogP contribution is -2.39. The summed E-state index contributed by atoms with van der Waals surface area (Å²) in [5.74, 6) is 0.807. The van der Waals surface area contributed by atoms with Gasteiger partial charge in [0.25, 0.3) is 0 Å². The van der Waals surface area contributed by atoms with Crippen molar-refractivity contribution in [1.29, 1.82) is 0 Å². The van der Waals surface area contributed by atoms with Crippen LogP contribution in [0.2, 0.25) is 0 Å². The summed E-state index contributed by atoms with van der Waals surface area (Å²) in [5, 5.41) is 15.0. The molecule has 7 heteroatoms. The van der Waals surface area contributed by atoms with Crippen LogP contribution in [-0.2, 0) is 19.5 Å². The molecule has 1 aliphatic heterocycles. The average Bonchev–Trinajstić information content (AvgIpc) is 3.09. The van der Waals surface area contributed by atoms with Crippen molar-refractivity contribution in [3.63, 3.8) is 0 Å². The van der Waals surface area contributed by atoms with Crippen molar-refractivity contribution >= 4 is 12.2 Å². The molecular formula is C23H29N5OS. The molecule has 2 aromatic heterocycles. The Morgan fingerprint density at radius 2 is 1.90 bits per heavy atom. The molecular weight excluding hydrogens is 394 g/mol. The summed E-state index contributed by atoms with van der Waals surface area (Å²) in [6, 6.07) is 10.4. The minimum atomic E-state index is -0.277. The van der Waals surface area contributed by atoms with Crippen LogP contribution in [0, 0.1) is 4.77 Å². The second-order valence-electron chi connectivity index (χ2n) is 7.83. The van der Waals surface area contributed by atoms with Crippen molar-refractivity contribution in [2.45, 2.75) is 52.3 Å². The van der Waals surface area contributed by atoms with Gasteiger partial charge in [-0.1, -0.05) is 32.0 Å². The molecule has 3 heterocycles. The number of pyridine rings is 1. The van der Waals surface area contributed by atoms with Crippen molar-refractivity contribution in [1.82, 2.24) is 24.2 Å². The number of piperidine rings is 1. The molecule has 1 aliphatic rings. The zero-order valence-electron chi connectivity index (χ0n) is 17.7. The second-order valence-corrected chi connectivity index (χ2v) is 8.19. The number of β-amino-alcohol motifs (C(OH)–C–C–N with tert-alkyl or cyclic N) is 1. The Hall–Kier alpha value is -2.35. The SMILES string of the molecule is CCc1cccc(CC)c1-n1c(-c2cccnc2)nn(CN2CCC[C@@H](O)C2)c1=S. The van der Waals surface area contributed by atoms with Gasteiger partial charge < -0.3 is 5.11 Å². The number of rotatable bonds is 6. The van der Waals surface area contributed by atoms with Gasteiger partial charge in [0.2, 0.25) is 4.77 Å². The van der Waals surface area contributed by atoms with E-state index in [1.54, 1.807) is 6.20 Å². The molecule has 0 radical (unpaired) electrons. The van der Waals surface area contributed by atoms with E-state index in [4.69, 9.17) is 17.3 Å². The number of aliphatic hydroxyl groups excluding tert-OH is 1. The van der Waals surface area contributed by atoms with Gasteiger partial charge in [0.05, 0.1) is 18.5 Å². The Balaban J connectivity index is 1.88. The molecule has 4 rings (SSSR count). The quantitative estimate of drug-likeness (QED) is 0.607. The first-order valence-electron chi connectivity index (χ1n) is 10.7. The van der Waals surface area contributed by atoms with Crippen LogP contribution >= 0.6 is 12.2 Å². The molecule has 0 saturated carbocycles. The van der Waals surface area contributed by atoms with Crippen LogP contribution in [0.25, 0.3) is 17.1 Å². The fourth-order valence-corrected chi connectivity index (χ4v) is 4.51. The van der Waals surface area contributed by atoms with Crippen molar-refractivity contribution in [3.05, 3.63) is 58.6 Å². The molecule has 158 valence electrons. The molecule has 6 nitrogen and oxygen atoms in total. The van der Waals surface area contributed by atoms with Gasteiger partial charge in [0, 0.05) is 31.0 Å². The minimum absolute atomic E-state index is 0.277. The molecule has 30 heavy (non-hydrogen) atoms. The van der Waals surface area contributed by atoms with Gasteiger partial charge in [-0.25, -0.2) is 4.68 Å². The largest absolute Gasteiger partial charge is 0.392 e. The maximum Gasteiger partial charge on any atom is 0.204 e. The van der Waals surface area contributed by atoms with Gasteiger partial charge in [-0.2, -0.15) is 0 Å². The lowest BCUT2D eigenvalue weighted by atomic mass is 10.0. The molecule has 0 unspecified atom stereocenters. The Kier molecular flexibility index (Phi) is 6.41. The average molecular weight is 424 g/mol. The van der Waals surface area contributed by atoms with E-state index in [1.807, 2.05) is 23.0 Å². The van der Waals surface area contributed by atoms with Gasteiger partial charge in [-0.15, -0.1) is 5.10 Å². The molecule has 1 saturated heterocycles. The zero-order valence-corrected chi connectivity index (χ0v) is 18.5. The lowest BCUT2D eigenvalue weighted by molar-refractivity contribution is 0.0513. The molecule has 0 spiro atoms. The third-order valence-corrected chi connectivity index (χ3v) is 6.16. The summed E-state index contributed by atoms with van der Waals surface area (Å²) in [4.78, 5) is 6.53. The Morgan fingerprint density at radius 1 is 1.13 bits per heavy atom. The van der Waals surface area contributed by atoms with E-state index in [9.17, 15) is 5.11 Å². The highest BCUT2D eigenvalue weighted by Crippen LogP contribution is 2.28. The monoisotopic (exact) mass is 423 g/mol. The van der Waals surface area contributed by atoms with Crippen LogP contribution in [0.3, 0.4) is 0 Å². The Labute approximate surface area is 182 Å². The number of likely N-dealkylation sites (tertiary alicyclic amines) is 1.